The van der Waals surface area contributed by atoms with Crippen LogP contribution >= 0.6 is 0 Å². The number of phenolic OH excluding ortho intramolecular Hbond substituents is 1. The molecule has 5 aromatic rings. The molecular weight excluding hydrogens is 488 g/mol. The van der Waals surface area contributed by atoms with E-state index in [2.05, 4.69) is 71.0 Å². The molecule has 1 atom stereocenters. The highest BCUT2D eigenvalue weighted by atomic mass is 16.3. The Kier molecular flexibility index (Phi) is 7.74. The lowest BCUT2D eigenvalue weighted by molar-refractivity contribution is 0.176. The van der Waals surface area contributed by atoms with E-state index in [1.807, 2.05) is 6.07 Å². The van der Waals surface area contributed by atoms with E-state index in [1.165, 1.54) is 12.1 Å². The first-order valence-electron chi connectivity index (χ1n) is 12.9. The van der Waals surface area contributed by atoms with Crippen molar-refractivity contribution >= 4 is 16.6 Å². The Labute approximate surface area is 226 Å². The van der Waals surface area contributed by atoms with Crippen molar-refractivity contribution in [3.63, 3.8) is 0 Å². The number of aromatic nitrogens is 1. The molecule has 198 valence electrons. The lowest BCUT2D eigenvalue weighted by atomic mass is 9.97. The van der Waals surface area contributed by atoms with Crippen molar-refractivity contribution in [1.29, 1.82) is 0 Å². The molecular formula is C32H32N4O3. The van der Waals surface area contributed by atoms with Gasteiger partial charge in [0.15, 0.2) is 0 Å². The Morgan fingerprint density at radius 2 is 1.56 bits per heavy atom. The smallest absolute Gasteiger partial charge is 0.248 e. The van der Waals surface area contributed by atoms with E-state index in [0.29, 0.717) is 42.5 Å². The maximum absolute atomic E-state index is 11.6. The number of nitrogens with one attached hydrogen (secondary N) is 2. The SMILES string of the molecule is NCc1ccc(-c2cccc(-c3ccc(CCNC[C@H](O)c4ccc(O)c5[nH]c(=O)ccc45)c(N)c3)c2)cc1. The number of H-pyrrole nitrogens is 1. The number of aromatic hydroxyl groups is 1. The summed E-state index contributed by atoms with van der Waals surface area (Å²) in [6.45, 7) is 1.47. The molecule has 4 aromatic carbocycles. The van der Waals surface area contributed by atoms with Gasteiger partial charge >= 0.3 is 0 Å². The fraction of sp³-hybridized carbons (Fsp3) is 0.156. The first-order valence-corrected chi connectivity index (χ1v) is 12.9. The molecule has 0 unspecified atom stereocenters. The van der Waals surface area contributed by atoms with Crippen LogP contribution in [0.1, 0.15) is 22.8 Å². The van der Waals surface area contributed by atoms with Crippen molar-refractivity contribution in [2.24, 2.45) is 5.73 Å². The molecule has 7 nitrogen and oxygen atoms in total. The summed E-state index contributed by atoms with van der Waals surface area (Å²) in [5.74, 6) is -0.0292. The third-order valence-corrected chi connectivity index (χ3v) is 7.04. The van der Waals surface area contributed by atoms with E-state index in [1.54, 1.807) is 12.1 Å². The number of aromatic amines is 1. The van der Waals surface area contributed by atoms with Crippen molar-refractivity contribution in [2.75, 3.05) is 18.8 Å². The van der Waals surface area contributed by atoms with Crippen molar-refractivity contribution < 1.29 is 10.2 Å². The summed E-state index contributed by atoms with van der Waals surface area (Å²) in [6, 6.07) is 29.0. The highest BCUT2D eigenvalue weighted by molar-refractivity contribution is 5.87. The van der Waals surface area contributed by atoms with Crippen molar-refractivity contribution in [2.45, 2.75) is 19.1 Å². The minimum absolute atomic E-state index is 0.0292. The molecule has 0 saturated heterocycles. The quantitative estimate of drug-likeness (QED) is 0.125. The van der Waals surface area contributed by atoms with Crippen LogP contribution in [0.15, 0.2) is 95.8 Å². The van der Waals surface area contributed by atoms with E-state index >= 15 is 0 Å². The Morgan fingerprint density at radius 3 is 2.31 bits per heavy atom. The van der Waals surface area contributed by atoms with Gasteiger partial charge < -0.3 is 32.0 Å². The van der Waals surface area contributed by atoms with Crippen LogP contribution in [0.4, 0.5) is 5.69 Å². The van der Waals surface area contributed by atoms with Crippen LogP contribution in [-0.4, -0.2) is 28.3 Å². The molecule has 39 heavy (non-hydrogen) atoms. The number of pyridine rings is 1. The fourth-order valence-corrected chi connectivity index (χ4v) is 4.84. The first kappa shape index (κ1) is 26.2. The highest BCUT2D eigenvalue weighted by Gasteiger charge is 2.14. The summed E-state index contributed by atoms with van der Waals surface area (Å²) < 4.78 is 0. The molecule has 0 aliphatic rings. The summed E-state index contributed by atoms with van der Waals surface area (Å²) in [5, 5.41) is 24.7. The zero-order chi connectivity index (χ0) is 27.4. The van der Waals surface area contributed by atoms with E-state index < -0.39 is 6.10 Å². The van der Waals surface area contributed by atoms with Gasteiger partial charge in [0.2, 0.25) is 5.56 Å². The molecule has 0 saturated carbocycles. The maximum atomic E-state index is 11.6. The Hall–Kier alpha value is -4.43. The normalized spacial score (nSPS) is 12.1. The van der Waals surface area contributed by atoms with Crippen LogP contribution < -0.4 is 22.3 Å². The lowest BCUT2D eigenvalue weighted by Crippen LogP contribution is -2.24. The van der Waals surface area contributed by atoms with Gasteiger partial charge in [-0.3, -0.25) is 4.79 Å². The molecule has 1 heterocycles. The Morgan fingerprint density at radius 1 is 0.846 bits per heavy atom. The molecule has 1 aromatic heterocycles. The predicted octanol–water partition coefficient (Wildman–Crippen LogP) is 4.47. The standard InChI is InChI=1S/C32H32N4O3/c33-18-20-4-6-21(7-5-20)23-2-1-3-24(16-23)25-9-8-22(28(34)17-25)14-15-35-19-30(38)26-10-12-29(37)32-27(26)11-13-31(39)36-32/h1-13,16-17,30,35,37-38H,14-15,18-19,33-34H2,(H,36,39)/t30-/m0/s1. The maximum Gasteiger partial charge on any atom is 0.248 e. The number of nitrogens with two attached hydrogens (primary N) is 2. The van der Waals surface area contributed by atoms with Crippen LogP contribution in [0.3, 0.4) is 0 Å². The van der Waals surface area contributed by atoms with Gasteiger partial charge in [0.25, 0.3) is 0 Å². The van der Waals surface area contributed by atoms with Gasteiger partial charge in [0.05, 0.1) is 11.6 Å². The van der Waals surface area contributed by atoms with Crippen molar-refractivity contribution in [1.82, 2.24) is 10.3 Å². The molecule has 5 rings (SSSR count). The Balaban J connectivity index is 1.21. The molecule has 0 bridgehead atoms. The molecule has 0 radical (unpaired) electrons. The third kappa shape index (κ3) is 5.86. The van der Waals surface area contributed by atoms with Gasteiger partial charge in [-0.25, -0.2) is 0 Å². The summed E-state index contributed by atoms with van der Waals surface area (Å²) >= 11 is 0. The number of nitrogen functional groups attached to an aromatic ring is 1. The summed E-state index contributed by atoms with van der Waals surface area (Å²) in [6.07, 6.45) is -0.103. The summed E-state index contributed by atoms with van der Waals surface area (Å²) in [5.41, 5.74) is 20.1. The number of hydrogen-bond donors (Lipinski definition) is 6. The summed E-state index contributed by atoms with van der Waals surface area (Å²) in [7, 11) is 0. The highest BCUT2D eigenvalue weighted by Crippen LogP contribution is 2.30. The molecule has 0 spiro atoms. The monoisotopic (exact) mass is 520 g/mol. The average Bonchev–Trinajstić information content (AvgIpc) is 2.96. The number of aliphatic hydroxyl groups excluding tert-OH is 1. The molecule has 8 N–H and O–H groups in total. The molecule has 0 amide bonds. The zero-order valence-electron chi connectivity index (χ0n) is 21.5. The van der Waals surface area contributed by atoms with Gasteiger partial charge in [-0.1, -0.05) is 60.7 Å². The Bertz CT molecular complexity index is 1660. The summed E-state index contributed by atoms with van der Waals surface area (Å²) in [4.78, 5) is 14.3. The van der Waals surface area contributed by atoms with Gasteiger partial charge in [-0.05, 0) is 76.2 Å². The molecule has 7 heteroatoms. The number of aliphatic hydroxyl groups is 1. The van der Waals surface area contributed by atoms with Crippen LogP contribution in [0, 0.1) is 0 Å². The minimum atomic E-state index is -0.808. The van der Waals surface area contributed by atoms with Crippen LogP contribution in [0.2, 0.25) is 0 Å². The predicted molar refractivity (Wildman–Crippen MR) is 157 cm³/mol. The van der Waals surface area contributed by atoms with Gasteiger partial charge in [-0.15, -0.1) is 0 Å². The van der Waals surface area contributed by atoms with Crippen LogP contribution in [0.5, 0.6) is 5.75 Å². The minimum Gasteiger partial charge on any atom is -0.506 e. The van der Waals surface area contributed by atoms with Crippen LogP contribution in [-0.2, 0) is 13.0 Å². The largest absolute Gasteiger partial charge is 0.506 e. The van der Waals surface area contributed by atoms with Gasteiger partial charge in [0, 0.05) is 30.2 Å². The van der Waals surface area contributed by atoms with E-state index in [4.69, 9.17) is 11.5 Å². The first-order chi connectivity index (χ1) is 18.9. The second-order valence-corrected chi connectivity index (χ2v) is 9.65. The van der Waals surface area contributed by atoms with E-state index in [0.717, 1.165) is 39.1 Å². The van der Waals surface area contributed by atoms with E-state index in [-0.39, 0.29) is 11.3 Å². The third-order valence-electron chi connectivity index (χ3n) is 7.04. The number of hydrogen-bond acceptors (Lipinski definition) is 6. The topological polar surface area (TPSA) is 137 Å². The second kappa shape index (κ2) is 11.5. The molecule has 0 aliphatic heterocycles. The zero-order valence-corrected chi connectivity index (χ0v) is 21.5. The fourth-order valence-electron chi connectivity index (χ4n) is 4.84. The van der Waals surface area contributed by atoms with Crippen molar-refractivity contribution in [3.8, 4) is 28.0 Å². The molecule has 0 fully saturated rings. The van der Waals surface area contributed by atoms with Gasteiger partial charge in [0.1, 0.15) is 5.75 Å². The number of rotatable bonds is 9. The second-order valence-electron chi connectivity index (χ2n) is 9.65. The van der Waals surface area contributed by atoms with Gasteiger partial charge in [-0.2, -0.15) is 0 Å². The number of fused-ring (bicyclic) bond motifs is 1. The van der Waals surface area contributed by atoms with E-state index in [9.17, 15) is 15.0 Å². The number of phenols is 1. The van der Waals surface area contributed by atoms with Crippen LogP contribution in [0.25, 0.3) is 33.2 Å². The van der Waals surface area contributed by atoms with Crippen molar-refractivity contribution in [3.05, 3.63) is 118 Å². The number of anilines is 1. The lowest BCUT2D eigenvalue weighted by Gasteiger charge is -2.16. The average molecular weight is 521 g/mol. The molecule has 0 aliphatic carbocycles. The number of benzene rings is 4.